The predicted molar refractivity (Wildman–Crippen MR) is 98.7 cm³/mol. The van der Waals surface area contributed by atoms with Crippen LogP contribution in [-0.2, 0) is 20.8 Å². The minimum atomic E-state index is -0.348. The van der Waals surface area contributed by atoms with E-state index in [0.29, 0.717) is 30.7 Å². The molecule has 0 unspecified atom stereocenters. The molecule has 0 atom stereocenters. The van der Waals surface area contributed by atoms with Crippen LogP contribution in [0, 0.1) is 0 Å². The number of hydrogen-bond donors (Lipinski definition) is 1. The molecule has 3 heterocycles. The normalized spacial score (nSPS) is 17.3. The van der Waals surface area contributed by atoms with E-state index in [1.807, 2.05) is 22.8 Å². The zero-order valence-corrected chi connectivity index (χ0v) is 15.5. The van der Waals surface area contributed by atoms with Gasteiger partial charge in [0.25, 0.3) is 0 Å². The van der Waals surface area contributed by atoms with Crippen molar-refractivity contribution < 1.29 is 18.7 Å². The van der Waals surface area contributed by atoms with E-state index in [1.165, 1.54) is 11.8 Å². The Morgan fingerprint density at radius 1 is 1.33 bits per heavy atom. The molecule has 1 amide bonds. The monoisotopic (exact) mass is 388 g/mol. The smallest absolute Gasteiger partial charge is 0.234 e. The zero-order chi connectivity index (χ0) is 18.5. The van der Waals surface area contributed by atoms with Crippen LogP contribution in [0.2, 0.25) is 0 Å². The summed E-state index contributed by atoms with van der Waals surface area (Å²) in [6.07, 6.45) is 10.6. The summed E-state index contributed by atoms with van der Waals surface area (Å²) in [4.78, 5) is 12.3. The SMILES string of the molecule is O=C(CSc1nnc(-c2ccoc2)n1CC1OCCO1)NC1=CC=CCC1. The third kappa shape index (κ3) is 4.49. The lowest BCUT2D eigenvalue weighted by Gasteiger charge is -2.14. The second-order valence-electron chi connectivity index (χ2n) is 6.10. The molecule has 0 spiro atoms. The quantitative estimate of drug-likeness (QED) is 0.728. The molecule has 0 aromatic carbocycles. The van der Waals surface area contributed by atoms with E-state index in [9.17, 15) is 4.79 Å². The van der Waals surface area contributed by atoms with Crippen LogP contribution in [0.25, 0.3) is 11.4 Å². The second kappa shape index (κ2) is 8.55. The summed E-state index contributed by atoms with van der Waals surface area (Å²) in [6, 6.07) is 1.82. The molecule has 27 heavy (non-hydrogen) atoms. The molecule has 2 aliphatic rings. The van der Waals surface area contributed by atoms with Gasteiger partial charge in [0, 0.05) is 5.70 Å². The van der Waals surface area contributed by atoms with Gasteiger partial charge in [0.1, 0.15) is 6.26 Å². The van der Waals surface area contributed by atoms with Gasteiger partial charge in [-0.15, -0.1) is 10.2 Å². The fourth-order valence-electron chi connectivity index (χ4n) is 2.88. The Hall–Kier alpha value is -2.36. The number of hydrogen-bond acceptors (Lipinski definition) is 7. The standard InChI is InChI=1S/C18H20N4O4S/c23-15(19-14-4-2-1-3-5-14)12-27-18-21-20-17(13-6-7-24-11-13)22(18)10-16-25-8-9-26-16/h1-2,4,6-7,11,16H,3,5,8-10,12H2,(H,19,23). The molecule has 1 saturated heterocycles. The molecule has 2 aromatic rings. The fraction of sp³-hybridized carbons (Fsp3) is 0.389. The fourth-order valence-corrected chi connectivity index (χ4v) is 3.63. The Morgan fingerprint density at radius 3 is 2.96 bits per heavy atom. The van der Waals surface area contributed by atoms with E-state index in [2.05, 4.69) is 21.6 Å². The minimum Gasteiger partial charge on any atom is -0.472 e. The van der Waals surface area contributed by atoms with E-state index in [4.69, 9.17) is 13.9 Å². The van der Waals surface area contributed by atoms with Crippen molar-refractivity contribution in [2.24, 2.45) is 0 Å². The van der Waals surface area contributed by atoms with Crippen LogP contribution >= 0.6 is 11.8 Å². The highest BCUT2D eigenvalue weighted by molar-refractivity contribution is 7.99. The summed E-state index contributed by atoms with van der Waals surface area (Å²) in [5.41, 5.74) is 1.76. The van der Waals surface area contributed by atoms with Crippen molar-refractivity contribution in [1.82, 2.24) is 20.1 Å². The van der Waals surface area contributed by atoms with Crippen LogP contribution in [0.3, 0.4) is 0 Å². The van der Waals surface area contributed by atoms with E-state index in [0.717, 1.165) is 24.1 Å². The van der Waals surface area contributed by atoms with Crippen LogP contribution in [0.4, 0.5) is 0 Å². The Labute approximate surface area is 160 Å². The number of allylic oxidation sites excluding steroid dienone is 4. The lowest BCUT2D eigenvalue weighted by atomic mass is 10.1. The number of ether oxygens (including phenoxy) is 2. The number of nitrogens with one attached hydrogen (secondary N) is 1. The molecule has 1 fully saturated rings. The van der Waals surface area contributed by atoms with Crippen molar-refractivity contribution in [2.45, 2.75) is 30.8 Å². The summed E-state index contributed by atoms with van der Waals surface area (Å²) in [7, 11) is 0. The lowest BCUT2D eigenvalue weighted by molar-refractivity contribution is -0.117. The Bertz CT molecular complexity index is 838. The second-order valence-corrected chi connectivity index (χ2v) is 7.04. The average molecular weight is 388 g/mol. The van der Waals surface area contributed by atoms with E-state index in [1.54, 1.807) is 12.5 Å². The summed E-state index contributed by atoms with van der Waals surface area (Å²) >= 11 is 1.34. The Morgan fingerprint density at radius 2 is 2.22 bits per heavy atom. The number of thioether (sulfide) groups is 1. The van der Waals surface area contributed by atoms with Gasteiger partial charge in [0.2, 0.25) is 5.91 Å². The van der Waals surface area contributed by atoms with Gasteiger partial charge in [-0.2, -0.15) is 0 Å². The van der Waals surface area contributed by atoms with Gasteiger partial charge in [-0.3, -0.25) is 9.36 Å². The van der Waals surface area contributed by atoms with Crippen LogP contribution in [-0.4, -0.2) is 45.9 Å². The van der Waals surface area contributed by atoms with Crippen LogP contribution < -0.4 is 5.32 Å². The first kappa shape index (κ1) is 18.0. The summed E-state index contributed by atoms with van der Waals surface area (Å²) in [5, 5.41) is 12.1. The number of furan rings is 1. The highest BCUT2D eigenvalue weighted by atomic mass is 32.2. The van der Waals surface area contributed by atoms with Crippen molar-refractivity contribution >= 4 is 17.7 Å². The number of amides is 1. The van der Waals surface area contributed by atoms with Gasteiger partial charge >= 0.3 is 0 Å². The Kier molecular flexibility index (Phi) is 5.71. The first-order chi connectivity index (χ1) is 13.3. The molecular formula is C18H20N4O4S. The van der Waals surface area contributed by atoms with Crippen molar-refractivity contribution in [3.05, 3.63) is 42.5 Å². The maximum atomic E-state index is 12.3. The maximum Gasteiger partial charge on any atom is 0.234 e. The van der Waals surface area contributed by atoms with Crippen molar-refractivity contribution in [3.8, 4) is 11.4 Å². The predicted octanol–water partition coefficient (Wildman–Crippen LogP) is 2.35. The third-order valence-corrected chi connectivity index (χ3v) is 5.13. The molecule has 0 bridgehead atoms. The first-order valence-electron chi connectivity index (χ1n) is 8.77. The first-order valence-corrected chi connectivity index (χ1v) is 9.75. The molecular weight excluding hydrogens is 368 g/mol. The molecule has 9 heteroatoms. The summed E-state index contributed by atoms with van der Waals surface area (Å²) in [5.74, 6) is 0.844. The average Bonchev–Trinajstić information content (AvgIpc) is 3.44. The van der Waals surface area contributed by atoms with E-state index >= 15 is 0 Å². The molecule has 1 aliphatic heterocycles. The number of carbonyl (C=O) groups is 1. The van der Waals surface area contributed by atoms with Gasteiger partial charge in [-0.1, -0.05) is 23.9 Å². The van der Waals surface area contributed by atoms with Crippen molar-refractivity contribution in [3.63, 3.8) is 0 Å². The van der Waals surface area contributed by atoms with Crippen LogP contribution in [0.1, 0.15) is 12.8 Å². The topological polar surface area (TPSA) is 91.4 Å². The summed E-state index contributed by atoms with van der Waals surface area (Å²) in [6.45, 7) is 1.60. The molecule has 8 nitrogen and oxygen atoms in total. The molecule has 2 aromatic heterocycles. The summed E-state index contributed by atoms with van der Waals surface area (Å²) < 4.78 is 18.2. The van der Waals surface area contributed by atoms with Gasteiger partial charge in [-0.05, 0) is 25.0 Å². The Balaban J connectivity index is 1.45. The number of nitrogens with zero attached hydrogens (tertiary/aromatic N) is 3. The van der Waals surface area contributed by atoms with Crippen molar-refractivity contribution in [1.29, 1.82) is 0 Å². The molecule has 0 saturated carbocycles. The molecule has 1 aliphatic carbocycles. The van der Waals surface area contributed by atoms with Crippen LogP contribution in [0.15, 0.2) is 52.1 Å². The highest BCUT2D eigenvalue weighted by Crippen LogP contribution is 2.26. The minimum absolute atomic E-state index is 0.0608. The number of rotatable bonds is 7. The largest absolute Gasteiger partial charge is 0.472 e. The van der Waals surface area contributed by atoms with E-state index in [-0.39, 0.29) is 18.0 Å². The van der Waals surface area contributed by atoms with Gasteiger partial charge in [-0.25, -0.2) is 0 Å². The zero-order valence-electron chi connectivity index (χ0n) is 14.7. The molecule has 0 radical (unpaired) electrons. The van der Waals surface area contributed by atoms with E-state index < -0.39 is 0 Å². The molecule has 1 N–H and O–H groups in total. The lowest BCUT2D eigenvalue weighted by Crippen LogP contribution is -2.25. The van der Waals surface area contributed by atoms with Crippen molar-refractivity contribution in [2.75, 3.05) is 19.0 Å². The van der Waals surface area contributed by atoms with Gasteiger partial charge < -0.3 is 19.2 Å². The number of aromatic nitrogens is 3. The van der Waals surface area contributed by atoms with Crippen LogP contribution in [0.5, 0.6) is 0 Å². The molecule has 4 rings (SSSR count). The van der Waals surface area contributed by atoms with Gasteiger partial charge in [0.05, 0.1) is 37.3 Å². The molecule has 142 valence electrons. The number of carbonyl (C=O) groups excluding carboxylic acids is 1. The highest BCUT2D eigenvalue weighted by Gasteiger charge is 2.23. The van der Waals surface area contributed by atoms with Gasteiger partial charge in [0.15, 0.2) is 17.3 Å². The third-order valence-electron chi connectivity index (χ3n) is 4.16. The maximum absolute atomic E-state index is 12.3.